The molecule has 146 valence electrons. The highest BCUT2D eigenvalue weighted by Gasteiger charge is 2.16. The van der Waals surface area contributed by atoms with Crippen LogP contribution in [0.3, 0.4) is 0 Å². The third kappa shape index (κ3) is 6.79. The summed E-state index contributed by atoms with van der Waals surface area (Å²) in [6.07, 6.45) is 2.52. The largest absolute Gasteiger partial charge is 0.383 e. The predicted molar refractivity (Wildman–Crippen MR) is 107 cm³/mol. The standard InChI is InChI=1S/C17H28N4O3S2/c1-18-17(20-13-15-6-4-10-25-15)19-12-14-5-3-7-16(11-14)26(22,23)21-8-9-24-2/h3,5,7,11,15,21H,4,6,8-10,12-13H2,1-2H3,(H2,18,19,20). The molecule has 9 heteroatoms. The monoisotopic (exact) mass is 400 g/mol. The third-order valence-electron chi connectivity index (χ3n) is 4.01. The summed E-state index contributed by atoms with van der Waals surface area (Å²) in [4.78, 5) is 4.47. The zero-order valence-electron chi connectivity index (χ0n) is 15.3. The summed E-state index contributed by atoms with van der Waals surface area (Å²) in [5.41, 5.74) is 0.873. The minimum Gasteiger partial charge on any atom is -0.383 e. The van der Waals surface area contributed by atoms with Crippen molar-refractivity contribution in [3.8, 4) is 0 Å². The molecule has 0 amide bonds. The molecule has 1 aromatic carbocycles. The summed E-state index contributed by atoms with van der Waals surface area (Å²) in [6.45, 7) is 1.97. The fourth-order valence-corrected chi connectivity index (χ4v) is 4.89. The van der Waals surface area contributed by atoms with E-state index in [4.69, 9.17) is 4.74 Å². The van der Waals surface area contributed by atoms with Gasteiger partial charge in [0.25, 0.3) is 0 Å². The second-order valence-corrected chi connectivity index (χ2v) is 9.15. The van der Waals surface area contributed by atoms with Gasteiger partial charge in [-0.2, -0.15) is 11.8 Å². The Morgan fingerprint density at radius 1 is 1.38 bits per heavy atom. The first-order valence-electron chi connectivity index (χ1n) is 8.69. The van der Waals surface area contributed by atoms with Crippen molar-refractivity contribution in [1.29, 1.82) is 0 Å². The fraction of sp³-hybridized carbons (Fsp3) is 0.588. The molecule has 0 radical (unpaired) electrons. The Hall–Kier alpha value is -1.29. The number of thioether (sulfide) groups is 1. The van der Waals surface area contributed by atoms with Crippen molar-refractivity contribution >= 4 is 27.7 Å². The van der Waals surface area contributed by atoms with Gasteiger partial charge < -0.3 is 15.4 Å². The maximum Gasteiger partial charge on any atom is 0.240 e. The average molecular weight is 401 g/mol. The Morgan fingerprint density at radius 3 is 2.92 bits per heavy atom. The van der Waals surface area contributed by atoms with Crippen molar-refractivity contribution in [3.63, 3.8) is 0 Å². The number of rotatable bonds is 9. The second kappa shape index (κ2) is 10.8. The highest BCUT2D eigenvalue weighted by Crippen LogP contribution is 2.25. The Labute approximate surface area is 160 Å². The van der Waals surface area contributed by atoms with Crippen molar-refractivity contribution in [2.24, 2.45) is 4.99 Å². The van der Waals surface area contributed by atoms with Crippen molar-refractivity contribution in [2.75, 3.05) is 39.6 Å². The van der Waals surface area contributed by atoms with Gasteiger partial charge in [0.1, 0.15) is 0 Å². The van der Waals surface area contributed by atoms with Crippen LogP contribution in [0.1, 0.15) is 18.4 Å². The molecule has 1 heterocycles. The lowest BCUT2D eigenvalue weighted by Gasteiger charge is -2.15. The molecule has 0 aliphatic carbocycles. The molecule has 3 N–H and O–H groups in total. The predicted octanol–water partition coefficient (Wildman–Crippen LogP) is 1.17. The van der Waals surface area contributed by atoms with E-state index in [1.165, 1.54) is 25.7 Å². The van der Waals surface area contributed by atoms with E-state index >= 15 is 0 Å². The zero-order chi connectivity index (χ0) is 18.8. The number of sulfonamides is 1. The number of nitrogens with one attached hydrogen (secondary N) is 3. The van der Waals surface area contributed by atoms with Crippen molar-refractivity contribution < 1.29 is 13.2 Å². The van der Waals surface area contributed by atoms with Gasteiger partial charge in [0, 0.05) is 39.0 Å². The van der Waals surface area contributed by atoms with Crippen LogP contribution in [0, 0.1) is 0 Å². The SMILES string of the molecule is CN=C(NCc1cccc(S(=O)(=O)NCCOC)c1)NCC1CCCS1. The minimum absolute atomic E-state index is 0.247. The normalized spacial score (nSPS) is 18.1. The second-order valence-electron chi connectivity index (χ2n) is 5.98. The molecule has 1 fully saturated rings. The molecular formula is C17H28N4O3S2. The molecule has 26 heavy (non-hydrogen) atoms. The molecular weight excluding hydrogens is 372 g/mol. The summed E-state index contributed by atoms with van der Waals surface area (Å²) >= 11 is 1.99. The van der Waals surface area contributed by atoms with Crippen LogP contribution in [0.15, 0.2) is 34.2 Å². The highest BCUT2D eigenvalue weighted by molar-refractivity contribution is 8.00. The number of hydrogen-bond donors (Lipinski definition) is 3. The van der Waals surface area contributed by atoms with E-state index in [0.29, 0.717) is 18.4 Å². The lowest BCUT2D eigenvalue weighted by molar-refractivity contribution is 0.204. The Bertz CT molecular complexity index is 689. The van der Waals surface area contributed by atoms with Gasteiger partial charge in [-0.15, -0.1) is 0 Å². The van der Waals surface area contributed by atoms with Gasteiger partial charge >= 0.3 is 0 Å². The van der Waals surface area contributed by atoms with Crippen LogP contribution in [0.5, 0.6) is 0 Å². The van der Waals surface area contributed by atoms with Crippen molar-refractivity contribution in [1.82, 2.24) is 15.4 Å². The number of ether oxygens (including phenoxy) is 1. The minimum atomic E-state index is -3.53. The van der Waals surface area contributed by atoms with Crippen LogP contribution in [-0.2, 0) is 21.3 Å². The quantitative estimate of drug-likeness (QED) is 0.327. The summed E-state index contributed by atoms with van der Waals surface area (Å²) in [6, 6.07) is 6.89. The van der Waals surface area contributed by atoms with Gasteiger partial charge in [-0.3, -0.25) is 4.99 Å². The number of aliphatic imine (C=N–C) groups is 1. The first-order valence-corrected chi connectivity index (χ1v) is 11.2. The van der Waals surface area contributed by atoms with Gasteiger partial charge in [0.2, 0.25) is 10.0 Å². The van der Waals surface area contributed by atoms with Gasteiger partial charge in [0.15, 0.2) is 5.96 Å². The van der Waals surface area contributed by atoms with E-state index in [9.17, 15) is 8.42 Å². The first-order chi connectivity index (χ1) is 12.5. The average Bonchev–Trinajstić information content (AvgIpc) is 3.16. The van der Waals surface area contributed by atoms with Crippen LogP contribution in [0.25, 0.3) is 0 Å². The summed E-state index contributed by atoms with van der Waals surface area (Å²) in [7, 11) is -0.258. The number of methoxy groups -OCH3 is 1. The van der Waals surface area contributed by atoms with E-state index in [-0.39, 0.29) is 11.4 Å². The van der Waals surface area contributed by atoms with Crippen LogP contribution in [0.4, 0.5) is 0 Å². The fourth-order valence-electron chi connectivity index (χ4n) is 2.61. The van der Waals surface area contributed by atoms with Gasteiger partial charge in [-0.1, -0.05) is 12.1 Å². The summed E-state index contributed by atoms with van der Waals surface area (Å²) in [5.74, 6) is 1.96. The molecule has 0 aromatic heterocycles. The molecule has 0 saturated carbocycles. The van der Waals surface area contributed by atoms with Gasteiger partial charge in [-0.25, -0.2) is 13.1 Å². The topological polar surface area (TPSA) is 91.8 Å². The smallest absolute Gasteiger partial charge is 0.240 e. The Morgan fingerprint density at radius 2 is 2.23 bits per heavy atom. The molecule has 7 nitrogen and oxygen atoms in total. The highest BCUT2D eigenvalue weighted by atomic mass is 32.2. The molecule has 0 spiro atoms. The van der Waals surface area contributed by atoms with Crippen LogP contribution in [-0.4, -0.2) is 59.2 Å². The van der Waals surface area contributed by atoms with E-state index in [1.807, 2.05) is 17.8 Å². The van der Waals surface area contributed by atoms with Crippen molar-refractivity contribution in [2.45, 2.75) is 29.5 Å². The number of benzene rings is 1. The van der Waals surface area contributed by atoms with Crippen molar-refractivity contribution in [3.05, 3.63) is 29.8 Å². The summed E-state index contributed by atoms with van der Waals surface area (Å²) < 4.78 is 31.9. The molecule has 1 unspecified atom stereocenters. The Balaban J connectivity index is 1.88. The lowest BCUT2D eigenvalue weighted by Crippen LogP contribution is -2.39. The van der Waals surface area contributed by atoms with Crippen LogP contribution in [0.2, 0.25) is 0 Å². The molecule has 1 aliphatic rings. The Kier molecular flexibility index (Phi) is 8.70. The van der Waals surface area contributed by atoms with Crippen LogP contribution < -0.4 is 15.4 Å². The molecule has 2 rings (SSSR count). The molecule has 1 aliphatic heterocycles. The zero-order valence-corrected chi connectivity index (χ0v) is 17.0. The number of nitrogens with zero attached hydrogens (tertiary/aromatic N) is 1. The maximum absolute atomic E-state index is 12.3. The lowest BCUT2D eigenvalue weighted by atomic mass is 10.2. The van der Waals surface area contributed by atoms with E-state index in [0.717, 1.165) is 18.1 Å². The van der Waals surface area contributed by atoms with Crippen LogP contribution >= 0.6 is 11.8 Å². The van der Waals surface area contributed by atoms with E-state index in [2.05, 4.69) is 20.3 Å². The molecule has 1 aromatic rings. The van der Waals surface area contributed by atoms with Gasteiger partial charge in [0.05, 0.1) is 11.5 Å². The molecule has 1 saturated heterocycles. The molecule has 0 bridgehead atoms. The third-order valence-corrected chi connectivity index (χ3v) is 6.87. The first kappa shape index (κ1) is 21.0. The van der Waals surface area contributed by atoms with Gasteiger partial charge in [-0.05, 0) is 36.3 Å². The number of hydrogen-bond acceptors (Lipinski definition) is 5. The number of guanidine groups is 1. The maximum atomic E-state index is 12.3. The molecule has 1 atom stereocenters. The van der Waals surface area contributed by atoms with E-state index in [1.54, 1.807) is 25.2 Å². The van der Waals surface area contributed by atoms with E-state index < -0.39 is 10.0 Å². The summed E-state index contributed by atoms with van der Waals surface area (Å²) in [5, 5.41) is 7.21.